The van der Waals surface area contributed by atoms with Gasteiger partial charge in [-0.3, -0.25) is 0 Å². The van der Waals surface area contributed by atoms with Crippen molar-refractivity contribution in [2.24, 2.45) is 0 Å². The van der Waals surface area contributed by atoms with Crippen LogP contribution in [0.15, 0.2) is 43.0 Å². The average Bonchev–Trinajstić information content (AvgIpc) is 2.25. The molecule has 76 valence electrons. The van der Waals surface area contributed by atoms with E-state index >= 15 is 0 Å². The summed E-state index contributed by atoms with van der Waals surface area (Å²) in [5, 5.41) is 1.50. The van der Waals surface area contributed by atoms with Gasteiger partial charge in [0.2, 0.25) is 0 Å². The van der Waals surface area contributed by atoms with Crippen molar-refractivity contribution in [3.05, 3.63) is 43.0 Å². The van der Waals surface area contributed by atoms with Gasteiger partial charge in [-0.15, -0.1) is 6.58 Å². The summed E-state index contributed by atoms with van der Waals surface area (Å²) in [6.45, 7) is 3.73. The summed E-state index contributed by atoms with van der Waals surface area (Å²) in [5.41, 5.74) is 0. The predicted octanol–water partition coefficient (Wildman–Crippen LogP) is 3.74. The maximum absolute atomic E-state index is 3.73. The van der Waals surface area contributed by atoms with Gasteiger partial charge in [0.25, 0.3) is 0 Å². The summed E-state index contributed by atoms with van der Waals surface area (Å²) >= 11 is 0. The molecule has 0 aliphatic rings. The molecule has 1 heteroatoms. The lowest BCUT2D eigenvalue weighted by Crippen LogP contribution is -1.93. The van der Waals surface area contributed by atoms with Gasteiger partial charge in [-0.1, -0.05) is 51.4 Å². The van der Waals surface area contributed by atoms with Crippen molar-refractivity contribution in [1.29, 1.82) is 0 Å². The summed E-state index contributed by atoms with van der Waals surface area (Å²) < 4.78 is 0. The summed E-state index contributed by atoms with van der Waals surface area (Å²) in [5.74, 6) is 0. The highest BCUT2D eigenvalue weighted by Crippen LogP contribution is 2.13. The van der Waals surface area contributed by atoms with E-state index in [4.69, 9.17) is 0 Å². The van der Waals surface area contributed by atoms with Crippen molar-refractivity contribution < 1.29 is 0 Å². The summed E-state index contributed by atoms with van der Waals surface area (Å²) in [7, 11) is 0.991. The van der Waals surface area contributed by atoms with E-state index < -0.39 is 0 Å². The first-order valence-corrected chi connectivity index (χ1v) is 6.54. The van der Waals surface area contributed by atoms with Gasteiger partial charge < -0.3 is 0 Å². The van der Waals surface area contributed by atoms with Gasteiger partial charge in [-0.25, -0.2) is 0 Å². The molecule has 0 N–H and O–H groups in total. The summed E-state index contributed by atoms with van der Waals surface area (Å²) in [6, 6.07) is 10.8. The Kier molecular flexibility index (Phi) is 6.36. The molecule has 0 aliphatic carbocycles. The second kappa shape index (κ2) is 7.76. The van der Waals surface area contributed by atoms with Crippen LogP contribution in [0.1, 0.15) is 25.7 Å². The van der Waals surface area contributed by atoms with Crippen LogP contribution in [0.3, 0.4) is 0 Å². The number of rotatable bonds is 7. The third-order valence-corrected chi connectivity index (χ3v) is 3.53. The summed E-state index contributed by atoms with van der Waals surface area (Å²) in [4.78, 5) is 0. The molecule has 0 aliphatic heterocycles. The smallest absolute Gasteiger partial charge is 0.0271 e. The van der Waals surface area contributed by atoms with Crippen LogP contribution in [0.2, 0.25) is 0 Å². The van der Waals surface area contributed by atoms with Gasteiger partial charge in [0.15, 0.2) is 0 Å². The van der Waals surface area contributed by atoms with Crippen molar-refractivity contribution in [2.45, 2.75) is 25.7 Å². The molecule has 0 heterocycles. The first kappa shape index (κ1) is 11.5. The van der Waals surface area contributed by atoms with Crippen LogP contribution in [-0.2, 0) is 0 Å². The lowest BCUT2D eigenvalue weighted by molar-refractivity contribution is 0.735. The van der Waals surface area contributed by atoms with Crippen molar-refractivity contribution in [3.8, 4) is 0 Å². The zero-order chi connectivity index (χ0) is 10.1. The third kappa shape index (κ3) is 5.19. The van der Waals surface area contributed by atoms with Crippen LogP contribution in [0.4, 0.5) is 0 Å². The van der Waals surface area contributed by atoms with E-state index in [1.54, 1.807) is 0 Å². The molecule has 0 amide bonds. The Labute approximate surface area is 89.2 Å². The van der Waals surface area contributed by atoms with E-state index in [0.717, 1.165) is 8.58 Å². The fourth-order valence-corrected chi connectivity index (χ4v) is 2.52. The third-order valence-electron chi connectivity index (χ3n) is 2.19. The van der Waals surface area contributed by atoms with E-state index in [1.165, 1.54) is 37.1 Å². The molecular weight excluding hydrogens is 187 g/mol. The highest BCUT2D eigenvalue weighted by atomic mass is 31.1. The minimum Gasteiger partial charge on any atom is -0.103 e. The topological polar surface area (TPSA) is 0 Å². The Morgan fingerprint density at radius 2 is 1.86 bits per heavy atom. The molecule has 0 bridgehead atoms. The van der Waals surface area contributed by atoms with E-state index in [2.05, 4.69) is 36.9 Å². The van der Waals surface area contributed by atoms with Crippen molar-refractivity contribution in [2.75, 3.05) is 6.16 Å². The Morgan fingerprint density at radius 1 is 1.07 bits per heavy atom. The zero-order valence-electron chi connectivity index (χ0n) is 8.71. The van der Waals surface area contributed by atoms with Crippen LogP contribution < -0.4 is 5.30 Å². The SMILES string of the molecule is C=CCCCCCPc1ccccc1. The first-order valence-electron chi connectivity index (χ1n) is 5.33. The lowest BCUT2D eigenvalue weighted by atomic mass is 10.2. The maximum Gasteiger partial charge on any atom is -0.0271 e. The molecule has 0 aromatic heterocycles. The van der Waals surface area contributed by atoms with Gasteiger partial charge in [-0.05, 0) is 30.7 Å². The predicted molar refractivity (Wildman–Crippen MR) is 67.9 cm³/mol. The summed E-state index contributed by atoms with van der Waals surface area (Å²) in [6.07, 6.45) is 8.56. The molecule has 0 radical (unpaired) electrons. The number of unbranched alkanes of at least 4 members (excludes halogenated alkanes) is 3. The van der Waals surface area contributed by atoms with E-state index in [1.807, 2.05) is 6.08 Å². The molecule has 14 heavy (non-hydrogen) atoms. The normalized spacial score (nSPS) is 10.9. The fourth-order valence-electron chi connectivity index (χ4n) is 1.38. The van der Waals surface area contributed by atoms with Crippen LogP contribution >= 0.6 is 8.58 Å². The number of allylic oxidation sites excluding steroid dienone is 1. The molecule has 1 unspecified atom stereocenters. The average molecular weight is 206 g/mol. The molecule has 0 nitrogen and oxygen atoms in total. The molecule has 0 spiro atoms. The highest BCUT2D eigenvalue weighted by Gasteiger charge is 1.91. The number of hydrogen-bond acceptors (Lipinski definition) is 0. The Bertz CT molecular complexity index is 241. The maximum atomic E-state index is 3.73. The molecular formula is C13H19P. The van der Waals surface area contributed by atoms with Crippen LogP contribution in [-0.4, -0.2) is 6.16 Å². The highest BCUT2D eigenvalue weighted by molar-refractivity contribution is 7.47. The standard InChI is InChI=1S/C13H19P/c1-2-3-4-5-9-12-14-13-10-7-6-8-11-13/h2,6-8,10-11,14H,1,3-5,9,12H2. The van der Waals surface area contributed by atoms with Crippen molar-refractivity contribution in [1.82, 2.24) is 0 Å². The fraction of sp³-hybridized carbons (Fsp3) is 0.385. The van der Waals surface area contributed by atoms with Gasteiger partial charge in [0.05, 0.1) is 0 Å². The molecule has 1 aromatic rings. The molecule has 0 saturated carbocycles. The van der Waals surface area contributed by atoms with E-state index in [0.29, 0.717) is 0 Å². The van der Waals surface area contributed by atoms with Gasteiger partial charge in [0, 0.05) is 0 Å². The minimum atomic E-state index is 0.991. The largest absolute Gasteiger partial charge is 0.103 e. The van der Waals surface area contributed by atoms with Crippen LogP contribution in [0.5, 0.6) is 0 Å². The monoisotopic (exact) mass is 206 g/mol. The zero-order valence-corrected chi connectivity index (χ0v) is 9.71. The minimum absolute atomic E-state index is 0.991. The second-order valence-corrected chi connectivity index (χ2v) is 4.86. The molecule has 0 fully saturated rings. The number of benzene rings is 1. The van der Waals surface area contributed by atoms with Gasteiger partial charge >= 0.3 is 0 Å². The molecule has 1 rings (SSSR count). The van der Waals surface area contributed by atoms with Crippen LogP contribution in [0, 0.1) is 0 Å². The van der Waals surface area contributed by atoms with Gasteiger partial charge in [0.1, 0.15) is 0 Å². The van der Waals surface area contributed by atoms with Crippen molar-refractivity contribution in [3.63, 3.8) is 0 Å². The molecule has 1 aromatic carbocycles. The molecule has 1 atom stereocenters. The van der Waals surface area contributed by atoms with Crippen molar-refractivity contribution >= 4 is 13.9 Å². The van der Waals surface area contributed by atoms with E-state index in [-0.39, 0.29) is 0 Å². The molecule has 0 saturated heterocycles. The Morgan fingerprint density at radius 3 is 2.57 bits per heavy atom. The second-order valence-electron chi connectivity index (χ2n) is 3.43. The Hall–Kier alpha value is -0.610. The van der Waals surface area contributed by atoms with E-state index in [9.17, 15) is 0 Å². The van der Waals surface area contributed by atoms with Crippen LogP contribution in [0.25, 0.3) is 0 Å². The van der Waals surface area contributed by atoms with Gasteiger partial charge in [-0.2, -0.15) is 0 Å². The lowest BCUT2D eigenvalue weighted by Gasteiger charge is -2.01. The Balaban J connectivity index is 2.02. The quantitative estimate of drug-likeness (QED) is 0.362. The number of hydrogen-bond donors (Lipinski definition) is 0. The first-order chi connectivity index (χ1) is 6.93.